The molecule has 26 heavy (non-hydrogen) atoms. The zero-order valence-electron chi connectivity index (χ0n) is 15.2. The van der Waals surface area contributed by atoms with Gasteiger partial charge in [0, 0.05) is 31.4 Å². The smallest absolute Gasteiger partial charge is 0.254 e. The fourth-order valence-corrected chi connectivity index (χ4v) is 3.15. The van der Waals surface area contributed by atoms with Crippen LogP contribution in [0.1, 0.15) is 41.6 Å². The van der Waals surface area contributed by atoms with E-state index >= 15 is 0 Å². The highest BCUT2D eigenvalue weighted by atomic mass is 16.5. The van der Waals surface area contributed by atoms with Gasteiger partial charge in [-0.05, 0) is 49.9 Å². The third kappa shape index (κ3) is 4.25. The zero-order chi connectivity index (χ0) is 18.4. The molecule has 0 spiro atoms. The van der Waals surface area contributed by atoms with Crippen molar-refractivity contribution in [3.05, 3.63) is 47.7 Å². The number of carbonyl (C=O) groups excluding carboxylic acids is 1. The molecular formula is C20H25N3O3. The molecule has 138 valence electrons. The van der Waals surface area contributed by atoms with E-state index < -0.39 is 0 Å². The molecule has 6 nitrogen and oxygen atoms in total. The standard InChI is InChI=1S/C20H25N3O3/c1-21-20(24)17-8-5-11-22-19(17)23-13-14-9-10-16(25-2)12-18(14)26-15-6-3-4-7-15/h5,8-12,15H,3-4,6-7,13H2,1-2H3,(H,21,24)(H,22,23). The highest BCUT2D eigenvalue weighted by Gasteiger charge is 2.19. The molecule has 1 aliphatic rings. The van der Waals surface area contributed by atoms with E-state index in [1.807, 2.05) is 18.2 Å². The zero-order valence-corrected chi connectivity index (χ0v) is 15.2. The van der Waals surface area contributed by atoms with Gasteiger partial charge in [-0.1, -0.05) is 0 Å². The van der Waals surface area contributed by atoms with Crippen molar-refractivity contribution in [2.45, 2.75) is 38.3 Å². The van der Waals surface area contributed by atoms with Crippen molar-refractivity contribution >= 4 is 11.7 Å². The summed E-state index contributed by atoms with van der Waals surface area (Å²) in [5.41, 5.74) is 1.52. The SMILES string of the molecule is CNC(=O)c1cccnc1NCc1ccc(OC)cc1OC1CCCC1. The third-order valence-corrected chi connectivity index (χ3v) is 4.60. The molecule has 0 bridgehead atoms. The Labute approximate surface area is 153 Å². The van der Waals surface area contributed by atoms with E-state index in [1.165, 1.54) is 12.8 Å². The van der Waals surface area contributed by atoms with Crippen molar-refractivity contribution in [2.24, 2.45) is 0 Å². The Hall–Kier alpha value is -2.76. The van der Waals surface area contributed by atoms with E-state index in [2.05, 4.69) is 15.6 Å². The summed E-state index contributed by atoms with van der Waals surface area (Å²) in [5.74, 6) is 1.97. The summed E-state index contributed by atoms with van der Waals surface area (Å²) in [6.45, 7) is 0.507. The van der Waals surface area contributed by atoms with Crippen LogP contribution in [-0.4, -0.2) is 31.2 Å². The minimum absolute atomic E-state index is 0.169. The number of carbonyl (C=O) groups is 1. The number of anilines is 1. The van der Waals surface area contributed by atoms with Gasteiger partial charge in [0.15, 0.2) is 0 Å². The summed E-state index contributed by atoms with van der Waals surface area (Å²) in [6, 6.07) is 9.32. The summed E-state index contributed by atoms with van der Waals surface area (Å²) < 4.78 is 11.6. The number of pyridine rings is 1. The summed E-state index contributed by atoms with van der Waals surface area (Å²) in [5, 5.41) is 5.89. The molecule has 6 heteroatoms. The number of nitrogens with one attached hydrogen (secondary N) is 2. The number of benzene rings is 1. The lowest BCUT2D eigenvalue weighted by atomic mass is 10.1. The lowest BCUT2D eigenvalue weighted by Crippen LogP contribution is -2.20. The van der Waals surface area contributed by atoms with Crippen LogP contribution >= 0.6 is 0 Å². The maximum Gasteiger partial charge on any atom is 0.254 e. The van der Waals surface area contributed by atoms with Gasteiger partial charge in [0.1, 0.15) is 17.3 Å². The van der Waals surface area contributed by atoms with Crippen LogP contribution < -0.4 is 20.1 Å². The summed E-state index contributed by atoms with van der Waals surface area (Å²) in [7, 11) is 3.26. The van der Waals surface area contributed by atoms with E-state index in [1.54, 1.807) is 32.5 Å². The van der Waals surface area contributed by atoms with Crippen LogP contribution in [0.15, 0.2) is 36.5 Å². The molecule has 2 aromatic rings. The monoisotopic (exact) mass is 355 g/mol. The topological polar surface area (TPSA) is 72.5 Å². The molecule has 0 saturated heterocycles. The highest BCUT2D eigenvalue weighted by molar-refractivity contribution is 5.98. The van der Waals surface area contributed by atoms with E-state index in [0.29, 0.717) is 17.9 Å². The number of amides is 1. The number of nitrogens with zero attached hydrogens (tertiary/aromatic N) is 1. The first-order chi connectivity index (χ1) is 12.7. The van der Waals surface area contributed by atoms with Crippen molar-refractivity contribution in [3.63, 3.8) is 0 Å². The summed E-state index contributed by atoms with van der Waals surface area (Å²) >= 11 is 0. The molecule has 1 heterocycles. The molecule has 1 aliphatic carbocycles. The third-order valence-electron chi connectivity index (χ3n) is 4.60. The molecule has 0 aliphatic heterocycles. The summed E-state index contributed by atoms with van der Waals surface area (Å²) in [6.07, 6.45) is 6.53. The number of methoxy groups -OCH3 is 1. The number of ether oxygens (including phenoxy) is 2. The Balaban J connectivity index is 1.78. The van der Waals surface area contributed by atoms with Gasteiger partial charge in [-0.2, -0.15) is 0 Å². The molecule has 0 radical (unpaired) electrons. The second kappa shape index (κ2) is 8.56. The van der Waals surface area contributed by atoms with Gasteiger partial charge in [-0.3, -0.25) is 4.79 Å². The van der Waals surface area contributed by atoms with Gasteiger partial charge in [0.05, 0.1) is 18.8 Å². The first kappa shape index (κ1) is 18.0. The van der Waals surface area contributed by atoms with E-state index in [0.717, 1.165) is 29.9 Å². The van der Waals surface area contributed by atoms with E-state index in [-0.39, 0.29) is 12.0 Å². The first-order valence-corrected chi connectivity index (χ1v) is 8.96. The Morgan fingerprint density at radius 1 is 1.27 bits per heavy atom. The minimum Gasteiger partial charge on any atom is -0.497 e. The van der Waals surface area contributed by atoms with Crippen LogP contribution in [0.25, 0.3) is 0 Å². The van der Waals surface area contributed by atoms with Crippen LogP contribution in [0.4, 0.5) is 5.82 Å². The Bertz CT molecular complexity index is 758. The van der Waals surface area contributed by atoms with E-state index in [4.69, 9.17) is 9.47 Å². The molecule has 1 aromatic heterocycles. The largest absolute Gasteiger partial charge is 0.497 e. The number of hydrogen-bond donors (Lipinski definition) is 2. The van der Waals surface area contributed by atoms with E-state index in [9.17, 15) is 4.79 Å². The van der Waals surface area contributed by atoms with Gasteiger partial charge in [0.2, 0.25) is 0 Å². The number of aromatic nitrogens is 1. The first-order valence-electron chi connectivity index (χ1n) is 8.96. The van der Waals surface area contributed by atoms with Crippen LogP contribution in [0, 0.1) is 0 Å². The second-order valence-electron chi connectivity index (χ2n) is 6.33. The van der Waals surface area contributed by atoms with Gasteiger partial charge in [-0.25, -0.2) is 4.98 Å². The minimum atomic E-state index is -0.169. The molecule has 0 atom stereocenters. The van der Waals surface area contributed by atoms with Crippen molar-refractivity contribution in [1.29, 1.82) is 0 Å². The maximum atomic E-state index is 12.0. The van der Waals surface area contributed by atoms with Crippen molar-refractivity contribution < 1.29 is 14.3 Å². The lowest BCUT2D eigenvalue weighted by molar-refractivity contribution is 0.0963. The number of hydrogen-bond acceptors (Lipinski definition) is 5. The highest BCUT2D eigenvalue weighted by Crippen LogP contribution is 2.30. The second-order valence-corrected chi connectivity index (χ2v) is 6.33. The fraction of sp³-hybridized carbons (Fsp3) is 0.400. The Morgan fingerprint density at radius 2 is 2.08 bits per heavy atom. The Kier molecular flexibility index (Phi) is 5.94. The fourth-order valence-electron chi connectivity index (χ4n) is 3.15. The molecule has 2 N–H and O–H groups in total. The van der Waals surface area contributed by atoms with Crippen LogP contribution in [0.2, 0.25) is 0 Å². The lowest BCUT2D eigenvalue weighted by Gasteiger charge is -2.18. The molecule has 1 amide bonds. The van der Waals surface area contributed by atoms with Gasteiger partial charge < -0.3 is 20.1 Å². The molecule has 0 unspecified atom stereocenters. The Morgan fingerprint density at radius 3 is 2.81 bits per heavy atom. The van der Waals surface area contributed by atoms with Gasteiger partial charge in [0.25, 0.3) is 5.91 Å². The van der Waals surface area contributed by atoms with Gasteiger partial charge in [-0.15, -0.1) is 0 Å². The predicted octanol–water partition coefficient (Wildman–Crippen LogP) is 3.38. The van der Waals surface area contributed by atoms with Gasteiger partial charge >= 0.3 is 0 Å². The molecule has 1 aromatic carbocycles. The number of rotatable bonds is 7. The molecule has 1 saturated carbocycles. The van der Waals surface area contributed by atoms with Crippen molar-refractivity contribution in [3.8, 4) is 11.5 Å². The predicted molar refractivity (Wildman–Crippen MR) is 101 cm³/mol. The summed E-state index contributed by atoms with van der Waals surface area (Å²) in [4.78, 5) is 16.3. The molecule has 3 rings (SSSR count). The molecular weight excluding hydrogens is 330 g/mol. The molecule has 1 fully saturated rings. The van der Waals surface area contributed by atoms with Crippen LogP contribution in [-0.2, 0) is 6.54 Å². The van der Waals surface area contributed by atoms with Crippen molar-refractivity contribution in [2.75, 3.05) is 19.5 Å². The normalized spacial score (nSPS) is 14.1. The van der Waals surface area contributed by atoms with Crippen LogP contribution in [0.5, 0.6) is 11.5 Å². The van der Waals surface area contributed by atoms with Crippen molar-refractivity contribution in [1.82, 2.24) is 10.3 Å². The average molecular weight is 355 g/mol. The maximum absolute atomic E-state index is 12.0. The average Bonchev–Trinajstić information content (AvgIpc) is 3.19. The quantitative estimate of drug-likeness (QED) is 0.796. The van der Waals surface area contributed by atoms with Crippen LogP contribution in [0.3, 0.4) is 0 Å².